The van der Waals surface area contributed by atoms with Crippen molar-refractivity contribution in [2.75, 3.05) is 6.54 Å². The molecule has 0 bridgehead atoms. The van der Waals surface area contributed by atoms with Gasteiger partial charge in [0.2, 0.25) is 0 Å². The van der Waals surface area contributed by atoms with Gasteiger partial charge in [0.1, 0.15) is 11.5 Å². The summed E-state index contributed by atoms with van der Waals surface area (Å²) in [6.07, 6.45) is 7.77. The van der Waals surface area contributed by atoms with E-state index in [1.54, 1.807) is 6.20 Å². The molecular formula is C21H17ClN2O. The van der Waals surface area contributed by atoms with Crippen molar-refractivity contribution >= 4 is 23.4 Å². The number of nitrogens with zero attached hydrogens (tertiary/aromatic N) is 2. The number of furan rings is 1. The summed E-state index contributed by atoms with van der Waals surface area (Å²) in [5, 5.41) is 0.720. The van der Waals surface area contributed by atoms with Gasteiger partial charge in [0.25, 0.3) is 0 Å². The van der Waals surface area contributed by atoms with Gasteiger partial charge < -0.3 is 4.42 Å². The van der Waals surface area contributed by atoms with Crippen molar-refractivity contribution in [3.8, 4) is 11.3 Å². The lowest BCUT2D eigenvalue weighted by Gasteiger charge is -2.15. The van der Waals surface area contributed by atoms with E-state index in [0.717, 1.165) is 52.8 Å². The molecular weight excluding hydrogens is 332 g/mol. The first-order valence-corrected chi connectivity index (χ1v) is 8.69. The maximum absolute atomic E-state index is 6.01. The van der Waals surface area contributed by atoms with Crippen molar-refractivity contribution in [3.63, 3.8) is 0 Å². The normalized spacial score (nSPS) is 16.0. The molecule has 0 spiro atoms. The Bertz CT molecular complexity index is 924. The van der Waals surface area contributed by atoms with E-state index in [1.807, 2.05) is 54.7 Å². The summed E-state index contributed by atoms with van der Waals surface area (Å²) in [7, 11) is 0. The molecule has 0 saturated carbocycles. The summed E-state index contributed by atoms with van der Waals surface area (Å²) in [6, 6.07) is 15.6. The minimum Gasteiger partial charge on any atom is -0.457 e. The topological polar surface area (TPSA) is 38.4 Å². The Hall–Kier alpha value is -2.65. The van der Waals surface area contributed by atoms with Crippen molar-refractivity contribution in [3.05, 3.63) is 82.8 Å². The number of rotatable bonds is 3. The Morgan fingerprint density at radius 1 is 1.00 bits per heavy atom. The molecule has 0 amide bonds. The highest BCUT2D eigenvalue weighted by molar-refractivity contribution is 6.30. The van der Waals surface area contributed by atoms with Gasteiger partial charge in [-0.3, -0.25) is 9.98 Å². The molecule has 4 heteroatoms. The van der Waals surface area contributed by atoms with Gasteiger partial charge in [-0.15, -0.1) is 0 Å². The van der Waals surface area contributed by atoms with E-state index in [2.05, 4.69) is 11.1 Å². The average Bonchev–Trinajstić information content (AvgIpc) is 3.12. The lowest BCUT2D eigenvalue weighted by molar-refractivity contribution is 0.571. The second-order valence-electron chi connectivity index (χ2n) is 5.95. The smallest absolute Gasteiger partial charge is 0.134 e. The molecule has 3 heterocycles. The molecule has 1 aliphatic rings. The van der Waals surface area contributed by atoms with Crippen LogP contribution in [-0.4, -0.2) is 17.2 Å². The lowest BCUT2D eigenvalue weighted by Crippen LogP contribution is -2.11. The maximum Gasteiger partial charge on any atom is 0.134 e. The third-order valence-electron chi connectivity index (χ3n) is 4.19. The Morgan fingerprint density at radius 3 is 2.68 bits per heavy atom. The van der Waals surface area contributed by atoms with Crippen LogP contribution in [0.25, 0.3) is 17.4 Å². The number of benzene rings is 1. The number of aromatic nitrogens is 1. The minimum atomic E-state index is 0.720. The molecule has 4 rings (SSSR count). The molecule has 1 aliphatic heterocycles. The number of allylic oxidation sites excluding steroid dienone is 1. The van der Waals surface area contributed by atoms with Crippen LogP contribution in [0.4, 0.5) is 0 Å². The highest BCUT2D eigenvalue weighted by Gasteiger charge is 2.15. The maximum atomic E-state index is 6.01. The van der Waals surface area contributed by atoms with Crippen molar-refractivity contribution in [1.29, 1.82) is 0 Å². The first-order chi connectivity index (χ1) is 12.3. The van der Waals surface area contributed by atoms with Crippen LogP contribution in [0.3, 0.4) is 0 Å². The van der Waals surface area contributed by atoms with Crippen LogP contribution in [0.1, 0.15) is 24.2 Å². The monoisotopic (exact) mass is 348 g/mol. The molecule has 1 aromatic carbocycles. The summed E-state index contributed by atoms with van der Waals surface area (Å²) >= 11 is 5.95. The number of hydrogen-bond acceptors (Lipinski definition) is 3. The quantitative estimate of drug-likeness (QED) is 0.612. The van der Waals surface area contributed by atoms with Gasteiger partial charge in [0.15, 0.2) is 0 Å². The number of halogens is 1. The second-order valence-corrected chi connectivity index (χ2v) is 6.39. The molecule has 3 nitrogen and oxygen atoms in total. The fourth-order valence-corrected chi connectivity index (χ4v) is 3.10. The molecule has 0 unspecified atom stereocenters. The largest absolute Gasteiger partial charge is 0.457 e. The van der Waals surface area contributed by atoms with Crippen LogP contribution < -0.4 is 0 Å². The van der Waals surface area contributed by atoms with Crippen molar-refractivity contribution in [2.45, 2.75) is 12.8 Å². The van der Waals surface area contributed by atoms with E-state index in [9.17, 15) is 0 Å². The first kappa shape index (κ1) is 15.9. The molecule has 3 aromatic rings. The van der Waals surface area contributed by atoms with Gasteiger partial charge in [-0.2, -0.15) is 0 Å². The van der Waals surface area contributed by atoms with Gasteiger partial charge >= 0.3 is 0 Å². The molecule has 0 fully saturated rings. The first-order valence-electron chi connectivity index (χ1n) is 8.31. The number of pyridine rings is 1. The minimum absolute atomic E-state index is 0.720. The molecule has 0 aliphatic carbocycles. The number of aliphatic imine (C=N–C) groups is 1. The zero-order chi connectivity index (χ0) is 17.1. The average molecular weight is 349 g/mol. The predicted molar refractivity (Wildman–Crippen MR) is 102 cm³/mol. The Kier molecular flexibility index (Phi) is 4.49. The molecule has 124 valence electrons. The van der Waals surface area contributed by atoms with E-state index < -0.39 is 0 Å². The van der Waals surface area contributed by atoms with E-state index in [0.29, 0.717) is 0 Å². The summed E-state index contributed by atoms with van der Waals surface area (Å²) < 4.78 is 6.01. The fraction of sp³-hybridized carbons (Fsp3) is 0.143. The Morgan fingerprint density at radius 2 is 1.88 bits per heavy atom. The summed E-state index contributed by atoms with van der Waals surface area (Å²) in [6.45, 7) is 0.857. The van der Waals surface area contributed by atoms with Crippen molar-refractivity contribution in [1.82, 2.24) is 4.98 Å². The number of hydrogen-bond donors (Lipinski definition) is 0. The molecule has 0 N–H and O–H groups in total. The van der Waals surface area contributed by atoms with Crippen LogP contribution in [0.5, 0.6) is 0 Å². The van der Waals surface area contributed by atoms with Gasteiger partial charge in [0.05, 0.1) is 5.71 Å². The highest BCUT2D eigenvalue weighted by Crippen LogP contribution is 2.27. The zero-order valence-corrected chi connectivity index (χ0v) is 14.4. The second kappa shape index (κ2) is 7.08. The van der Waals surface area contributed by atoms with Gasteiger partial charge in [-0.25, -0.2) is 0 Å². The molecule has 25 heavy (non-hydrogen) atoms. The van der Waals surface area contributed by atoms with Gasteiger partial charge in [-0.05, 0) is 73.0 Å². The van der Waals surface area contributed by atoms with Crippen LogP contribution in [0.2, 0.25) is 5.02 Å². The van der Waals surface area contributed by atoms with Gasteiger partial charge in [-0.1, -0.05) is 11.6 Å². The van der Waals surface area contributed by atoms with Crippen LogP contribution in [0, 0.1) is 0 Å². The third kappa shape index (κ3) is 3.57. The highest BCUT2D eigenvalue weighted by atomic mass is 35.5. The van der Waals surface area contributed by atoms with Crippen LogP contribution >= 0.6 is 11.6 Å². The fourth-order valence-electron chi connectivity index (χ4n) is 2.97. The summed E-state index contributed by atoms with van der Waals surface area (Å²) in [5.74, 6) is 1.66. The van der Waals surface area contributed by atoms with Crippen LogP contribution in [-0.2, 0) is 0 Å². The Balaban J connectivity index is 1.65. The SMILES string of the molecule is Clc1ccc(-c2ccc(/C=C3/CCCN=C3c3cccnc3)o2)cc1. The molecule has 0 saturated heterocycles. The third-order valence-corrected chi connectivity index (χ3v) is 4.44. The molecule has 2 aromatic heterocycles. The standard InChI is InChI=1S/C21H17ClN2O/c22-18-7-5-15(6-8-18)20-10-9-19(25-20)13-16-3-2-12-24-21(16)17-4-1-11-23-14-17/h1,4-11,13-14H,2-3,12H2/b16-13-. The zero-order valence-electron chi connectivity index (χ0n) is 13.7. The summed E-state index contributed by atoms with van der Waals surface area (Å²) in [5.41, 5.74) is 4.27. The summed E-state index contributed by atoms with van der Waals surface area (Å²) in [4.78, 5) is 8.91. The van der Waals surface area contributed by atoms with E-state index in [4.69, 9.17) is 21.0 Å². The van der Waals surface area contributed by atoms with E-state index >= 15 is 0 Å². The van der Waals surface area contributed by atoms with Crippen molar-refractivity contribution < 1.29 is 4.42 Å². The molecule has 0 radical (unpaired) electrons. The lowest BCUT2D eigenvalue weighted by atomic mass is 9.96. The van der Waals surface area contributed by atoms with Gasteiger partial charge in [0, 0.05) is 35.1 Å². The molecule has 0 atom stereocenters. The Labute approximate surface area is 151 Å². The van der Waals surface area contributed by atoms with Crippen LogP contribution in [0.15, 0.2) is 75.9 Å². The van der Waals surface area contributed by atoms with E-state index in [-0.39, 0.29) is 0 Å². The van der Waals surface area contributed by atoms with Crippen molar-refractivity contribution in [2.24, 2.45) is 4.99 Å². The van der Waals surface area contributed by atoms with E-state index in [1.165, 1.54) is 5.57 Å². The predicted octanol–water partition coefficient (Wildman–Crippen LogP) is 5.66.